The molecule has 1 aromatic carbocycles. The van der Waals surface area contributed by atoms with Gasteiger partial charge in [0.05, 0.1) is 10.6 Å². The number of nitrogens with one attached hydrogen (secondary N) is 2. The van der Waals surface area contributed by atoms with E-state index in [2.05, 4.69) is 15.6 Å². The van der Waals surface area contributed by atoms with Crippen LogP contribution in [0.3, 0.4) is 0 Å². The quantitative estimate of drug-likeness (QED) is 0.599. The maximum absolute atomic E-state index is 12.2. The van der Waals surface area contributed by atoms with Crippen LogP contribution in [0.5, 0.6) is 0 Å². The minimum Gasteiger partial charge on any atom is -0.362 e. The van der Waals surface area contributed by atoms with E-state index in [0.717, 1.165) is 6.54 Å². The van der Waals surface area contributed by atoms with Gasteiger partial charge < -0.3 is 10.6 Å². The molecule has 0 aliphatic rings. The van der Waals surface area contributed by atoms with E-state index >= 15 is 0 Å². The number of aryl methyl sites for hydroxylation is 1. The molecule has 0 spiro atoms. The number of nitrogens with zero attached hydrogens (tertiary/aromatic N) is 2. The second-order valence-electron chi connectivity index (χ2n) is 4.86. The first-order chi connectivity index (χ1) is 11.0. The predicted octanol–water partition coefficient (Wildman–Crippen LogP) is 2.76. The van der Waals surface area contributed by atoms with Crippen molar-refractivity contribution in [2.45, 2.75) is 20.3 Å². The Labute approximate surface area is 137 Å². The first-order valence-electron chi connectivity index (χ1n) is 7.24. The monoisotopic (exact) mass is 334 g/mol. The van der Waals surface area contributed by atoms with Crippen LogP contribution in [0.1, 0.15) is 27.9 Å². The lowest BCUT2D eigenvalue weighted by Crippen LogP contribution is -2.25. The SMILES string of the molecule is CCNc1nc(C)c(C(=O)NCCc2ccccc2[N+](=O)[O-])s1. The number of hydrogen-bond acceptors (Lipinski definition) is 6. The van der Waals surface area contributed by atoms with Crippen LogP contribution in [0, 0.1) is 17.0 Å². The van der Waals surface area contributed by atoms with Crippen LogP contribution < -0.4 is 10.6 Å². The normalized spacial score (nSPS) is 10.3. The molecule has 8 heteroatoms. The number of anilines is 1. The second-order valence-corrected chi connectivity index (χ2v) is 5.85. The molecule has 1 aromatic heterocycles. The summed E-state index contributed by atoms with van der Waals surface area (Å²) in [5.41, 5.74) is 1.35. The summed E-state index contributed by atoms with van der Waals surface area (Å²) in [6.45, 7) is 4.82. The molecular weight excluding hydrogens is 316 g/mol. The van der Waals surface area contributed by atoms with Crippen LogP contribution in [-0.2, 0) is 6.42 Å². The van der Waals surface area contributed by atoms with Gasteiger partial charge in [-0.3, -0.25) is 14.9 Å². The molecule has 0 bridgehead atoms. The van der Waals surface area contributed by atoms with Crippen molar-refractivity contribution in [2.75, 3.05) is 18.4 Å². The molecule has 1 heterocycles. The van der Waals surface area contributed by atoms with Crippen LogP contribution >= 0.6 is 11.3 Å². The Balaban J connectivity index is 1.96. The number of amides is 1. The molecule has 2 rings (SSSR count). The Bertz CT molecular complexity index is 714. The number of carbonyl (C=O) groups is 1. The molecule has 0 radical (unpaired) electrons. The first-order valence-corrected chi connectivity index (χ1v) is 8.06. The molecule has 0 saturated carbocycles. The van der Waals surface area contributed by atoms with Gasteiger partial charge in [0, 0.05) is 24.7 Å². The van der Waals surface area contributed by atoms with Gasteiger partial charge in [-0.1, -0.05) is 29.5 Å². The molecule has 0 unspecified atom stereocenters. The predicted molar refractivity (Wildman–Crippen MR) is 90.1 cm³/mol. The summed E-state index contributed by atoms with van der Waals surface area (Å²) >= 11 is 1.30. The fourth-order valence-electron chi connectivity index (χ4n) is 2.13. The van der Waals surface area contributed by atoms with Crippen molar-refractivity contribution in [3.8, 4) is 0 Å². The molecule has 2 aromatic rings. The van der Waals surface area contributed by atoms with Gasteiger partial charge in [-0.25, -0.2) is 4.98 Å². The molecule has 0 fully saturated rings. The summed E-state index contributed by atoms with van der Waals surface area (Å²) in [7, 11) is 0. The number of benzene rings is 1. The first kappa shape index (κ1) is 16.9. The van der Waals surface area contributed by atoms with Crippen LogP contribution in [-0.4, -0.2) is 28.9 Å². The summed E-state index contributed by atoms with van der Waals surface area (Å²) < 4.78 is 0. The third-order valence-electron chi connectivity index (χ3n) is 3.20. The zero-order valence-corrected chi connectivity index (χ0v) is 13.8. The van der Waals surface area contributed by atoms with Crippen molar-refractivity contribution >= 4 is 28.1 Å². The van der Waals surface area contributed by atoms with Crippen LogP contribution in [0.4, 0.5) is 10.8 Å². The molecular formula is C15H18N4O3S. The van der Waals surface area contributed by atoms with Gasteiger partial charge in [0.25, 0.3) is 11.6 Å². The van der Waals surface area contributed by atoms with E-state index in [1.807, 2.05) is 6.92 Å². The number of thiazole rings is 1. The smallest absolute Gasteiger partial charge is 0.272 e. The molecule has 23 heavy (non-hydrogen) atoms. The second kappa shape index (κ2) is 7.68. The number of nitro benzene ring substituents is 1. The Hall–Kier alpha value is -2.48. The summed E-state index contributed by atoms with van der Waals surface area (Å²) in [4.78, 5) is 27.6. The van der Waals surface area contributed by atoms with Crippen LogP contribution in [0.25, 0.3) is 0 Å². The number of nitro groups is 1. The lowest BCUT2D eigenvalue weighted by atomic mass is 10.1. The minimum atomic E-state index is -0.410. The third kappa shape index (κ3) is 4.26. The molecule has 1 amide bonds. The average Bonchev–Trinajstić information content (AvgIpc) is 2.88. The van der Waals surface area contributed by atoms with Gasteiger partial charge in [0.2, 0.25) is 0 Å². The fraction of sp³-hybridized carbons (Fsp3) is 0.333. The van der Waals surface area contributed by atoms with Crippen molar-refractivity contribution in [3.63, 3.8) is 0 Å². The zero-order chi connectivity index (χ0) is 16.8. The van der Waals surface area contributed by atoms with E-state index in [1.165, 1.54) is 17.4 Å². The lowest BCUT2D eigenvalue weighted by Gasteiger charge is -2.05. The van der Waals surface area contributed by atoms with Crippen molar-refractivity contribution in [3.05, 3.63) is 50.5 Å². The summed E-state index contributed by atoms with van der Waals surface area (Å²) in [6, 6.07) is 6.54. The molecule has 0 aliphatic heterocycles. The summed E-state index contributed by atoms with van der Waals surface area (Å²) in [5, 5.41) is 17.5. The van der Waals surface area contributed by atoms with Crippen molar-refractivity contribution in [1.82, 2.24) is 10.3 Å². The van der Waals surface area contributed by atoms with E-state index in [1.54, 1.807) is 25.1 Å². The van der Waals surface area contributed by atoms with Gasteiger partial charge >= 0.3 is 0 Å². The molecule has 7 nitrogen and oxygen atoms in total. The number of aromatic nitrogens is 1. The lowest BCUT2D eigenvalue weighted by molar-refractivity contribution is -0.385. The van der Waals surface area contributed by atoms with E-state index in [0.29, 0.717) is 34.2 Å². The van der Waals surface area contributed by atoms with Crippen LogP contribution in [0.15, 0.2) is 24.3 Å². The average molecular weight is 334 g/mol. The fourth-order valence-corrected chi connectivity index (χ4v) is 3.08. The molecule has 0 atom stereocenters. The Morgan fingerprint density at radius 2 is 2.13 bits per heavy atom. The third-order valence-corrected chi connectivity index (χ3v) is 4.31. The molecule has 0 aliphatic carbocycles. The van der Waals surface area contributed by atoms with Gasteiger partial charge in [-0.2, -0.15) is 0 Å². The minimum absolute atomic E-state index is 0.0742. The number of rotatable bonds is 7. The highest BCUT2D eigenvalue weighted by Crippen LogP contribution is 2.22. The Morgan fingerprint density at radius 1 is 1.39 bits per heavy atom. The topological polar surface area (TPSA) is 97.2 Å². The van der Waals surface area contributed by atoms with Gasteiger partial charge in [-0.05, 0) is 20.3 Å². The number of hydrogen-bond donors (Lipinski definition) is 2. The summed E-state index contributed by atoms with van der Waals surface area (Å²) in [5.74, 6) is -0.206. The largest absolute Gasteiger partial charge is 0.362 e. The highest BCUT2D eigenvalue weighted by Gasteiger charge is 2.16. The van der Waals surface area contributed by atoms with Crippen LogP contribution in [0.2, 0.25) is 0 Å². The van der Waals surface area contributed by atoms with Gasteiger partial charge in [-0.15, -0.1) is 0 Å². The van der Waals surface area contributed by atoms with Crippen molar-refractivity contribution < 1.29 is 9.72 Å². The Kier molecular flexibility index (Phi) is 5.64. The Morgan fingerprint density at radius 3 is 2.83 bits per heavy atom. The molecule has 0 saturated heterocycles. The van der Waals surface area contributed by atoms with E-state index in [4.69, 9.17) is 0 Å². The maximum Gasteiger partial charge on any atom is 0.272 e. The van der Waals surface area contributed by atoms with Gasteiger partial charge in [0.15, 0.2) is 5.13 Å². The highest BCUT2D eigenvalue weighted by atomic mass is 32.1. The van der Waals surface area contributed by atoms with E-state index in [-0.39, 0.29) is 11.6 Å². The van der Waals surface area contributed by atoms with Gasteiger partial charge in [0.1, 0.15) is 4.88 Å². The number of para-hydroxylation sites is 1. The zero-order valence-electron chi connectivity index (χ0n) is 13.0. The highest BCUT2D eigenvalue weighted by molar-refractivity contribution is 7.17. The molecule has 122 valence electrons. The number of carbonyl (C=O) groups excluding carboxylic acids is 1. The van der Waals surface area contributed by atoms with E-state index < -0.39 is 4.92 Å². The maximum atomic E-state index is 12.2. The van der Waals surface area contributed by atoms with Crippen molar-refractivity contribution in [1.29, 1.82) is 0 Å². The molecule has 2 N–H and O–H groups in total. The standard InChI is InChI=1S/C15H18N4O3S/c1-3-16-15-18-10(2)13(23-15)14(20)17-9-8-11-6-4-5-7-12(11)19(21)22/h4-7H,3,8-9H2,1-2H3,(H,16,18)(H,17,20). The summed E-state index contributed by atoms with van der Waals surface area (Å²) in [6.07, 6.45) is 0.404. The van der Waals surface area contributed by atoms with Crippen molar-refractivity contribution in [2.24, 2.45) is 0 Å². The van der Waals surface area contributed by atoms with E-state index in [9.17, 15) is 14.9 Å².